The number of hydrogen-bond acceptors (Lipinski definition) is 3. The highest BCUT2D eigenvalue weighted by atomic mass is 79.9. The van der Waals surface area contributed by atoms with Crippen LogP contribution in [0.15, 0.2) is 10.9 Å². The highest BCUT2D eigenvalue weighted by Gasteiger charge is 2.01. The van der Waals surface area contributed by atoms with Crippen LogP contribution in [0.1, 0.15) is 50.6 Å². The first kappa shape index (κ1) is 16.1. The zero-order chi connectivity index (χ0) is 13.1. The van der Waals surface area contributed by atoms with Crippen molar-refractivity contribution in [3.63, 3.8) is 0 Å². The van der Waals surface area contributed by atoms with Crippen LogP contribution in [0.2, 0.25) is 0 Å². The van der Waals surface area contributed by atoms with Gasteiger partial charge in [-0.2, -0.15) is 0 Å². The number of alkyl halides is 1. The number of aromatic nitrogens is 1. The largest absolute Gasteiger partial charge is 0.301 e. The molecule has 18 heavy (non-hydrogen) atoms. The molecule has 0 aliphatic carbocycles. The molecule has 1 aromatic heterocycles. The third kappa shape index (κ3) is 8.22. The second-order valence-electron chi connectivity index (χ2n) is 4.88. The molecule has 0 atom stereocenters. The standard InChI is InChI=1S/C14H25BrN2S/c1-17(11-14-12-18-13-16-14)10-8-6-4-2-3-5-7-9-15/h12-13H,2-11H2,1H3. The van der Waals surface area contributed by atoms with Crippen LogP contribution >= 0.6 is 27.3 Å². The van der Waals surface area contributed by atoms with E-state index in [1.807, 2.05) is 5.51 Å². The summed E-state index contributed by atoms with van der Waals surface area (Å²) in [5.74, 6) is 0. The molecule has 0 unspecified atom stereocenters. The van der Waals surface area contributed by atoms with E-state index in [1.165, 1.54) is 57.2 Å². The molecule has 2 nitrogen and oxygen atoms in total. The predicted molar refractivity (Wildman–Crippen MR) is 84.6 cm³/mol. The van der Waals surface area contributed by atoms with Gasteiger partial charge in [0.1, 0.15) is 0 Å². The van der Waals surface area contributed by atoms with Crippen molar-refractivity contribution in [1.29, 1.82) is 0 Å². The number of thiazole rings is 1. The molecule has 0 bridgehead atoms. The predicted octanol–water partition coefficient (Wildman–Crippen LogP) is 4.70. The van der Waals surface area contributed by atoms with Crippen molar-refractivity contribution in [1.82, 2.24) is 9.88 Å². The Bertz CT molecular complexity index is 277. The maximum Gasteiger partial charge on any atom is 0.0795 e. The molecule has 0 aliphatic heterocycles. The molecule has 0 spiro atoms. The Hall–Kier alpha value is 0.0700. The fourth-order valence-corrected chi connectivity index (χ4v) is 2.98. The first-order valence-electron chi connectivity index (χ1n) is 6.94. The van der Waals surface area contributed by atoms with Gasteiger partial charge in [-0.15, -0.1) is 11.3 Å². The van der Waals surface area contributed by atoms with Crippen LogP contribution in [0.5, 0.6) is 0 Å². The van der Waals surface area contributed by atoms with Crippen molar-refractivity contribution in [3.05, 3.63) is 16.6 Å². The zero-order valence-corrected chi connectivity index (χ0v) is 13.8. The molecule has 1 heterocycles. The van der Waals surface area contributed by atoms with Crippen LogP contribution in [0, 0.1) is 0 Å². The van der Waals surface area contributed by atoms with Gasteiger partial charge >= 0.3 is 0 Å². The van der Waals surface area contributed by atoms with Crippen molar-refractivity contribution in [2.45, 2.75) is 51.5 Å². The van der Waals surface area contributed by atoms with E-state index in [2.05, 4.69) is 38.2 Å². The molecule has 0 N–H and O–H groups in total. The summed E-state index contributed by atoms with van der Waals surface area (Å²) in [6.45, 7) is 2.19. The lowest BCUT2D eigenvalue weighted by atomic mass is 10.1. The van der Waals surface area contributed by atoms with Gasteiger partial charge in [0, 0.05) is 17.3 Å². The molecule has 1 rings (SSSR count). The lowest BCUT2D eigenvalue weighted by Crippen LogP contribution is -2.19. The quantitative estimate of drug-likeness (QED) is 0.431. The Morgan fingerprint density at radius 3 is 2.39 bits per heavy atom. The maximum absolute atomic E-state index is 4.32. The van der Waals surface area contributed by atoms with Crippen LogP contribution in [0.4, 0.5) is 0 Å². The van der Waals surface area contributed by atoms with Gasteiger partial charge in [0.05, 0.1) is 11.2 Å². The molecule has 0 aromatic carbocycles. The second kappa shape index (κ2) is 10.9. The maximum atomic E-state index is 4.32. The van der Waals surface area contributed by atoms with Crippen molar-refractivity contribution >= 4 is 27.3 Å². The Morgan fingerprint density at radius 1 is 1.11 bits per heavy atom. The Morgan fingerprint density at radius 2 is 1.78 bits per heavy atom. The van der Waals surface area contributed by atoms with Gasteiger partial charge < -0.3 is 4.90 Å². The van der Waals surface area contributed by atoms with E-state index in [0.29, 0.717) is 0 Å². The molecule has 1 aromatic rings. The van der Waals surface area contributed by atoms with Gasteiger partial charge in [-0.1, -0.05) is 48.0 Å². The summed E-state index contributed by atoms with van der Waals surface area (Å²) in [5, 5.41) is 3.30. The molecule has 0 radical (unpaired) electrons. The average molecular weight is 333 g/mol. The highest BCUT2D eigenvalue weighted by Crippen LogP contribution is 2.09. The number of hydrogen-bond donors (Lipinski definition) is 0. The first-order valence-corrected chi connectivity index (χ1v) is 9.01. The fraction of sp³-hybridized carbons (Fsp3) is 0.786. The highest BCUT2D eigenvalue weighted by molar-refractivity contribution is 9.09. The van der Waals surface area contributed by atoms with Crippen LogP contribution in [0.3, 0.4) is 0 Å². The van der Waals surface area contributed by atoms with Gasteiger partial charge in [-0.25, -0.2) is 4.98 Å². The fourth-order valence-electron chi connectivity index (χ4n) is 2.03. The van der Waals surface area contributed by atoms with Crippen LogP contribution in [0.25, 0.3) is 0 Å². The van der Waals surface area contributed by atoms with E-state index >= 15 is 0 Å². The molecule has 0 aliphatic rings. The number of halogens is 1. The second-order valence-corrected chi connectivity index (χ2v) is 6.39. The minimum absolute atomic E-state index is 0.995. The first-order chi connectivity index (χ1) is 8.83. The van der Waals surface area contributed by atoms with E-state index in [-0.39, 0.29) is 0 Å². The number of nitrogens with zero attached hydrogens (tertiary/aromatic N) is 2. The van der Waals surface area contributed by atoms with Crippen molar-refractivity contribution in [3.8, 4) is 0 Å². The Kier molecular flexibility index (Phi) is 9.80. The summed E-state index contributed by atoms with van der Waals surface area (Å²) < 4.78 is 0. The minimum atomic E-state index is 0.995. The van der Waals surface area contributed by atoms with E-state index in [1.54, 1.807) is 11.3 Å². The third-order valence-corrected chi connectivity index (χ3v) is 4.28. The van der Waals surface area contributed by atoms with E-state index in [9.17, 15) is 0 Å². The summed E-state index contributed by atoms with van der Waals surface area (Å²) >= 11 is 5.16. The van der Waals surface area contributed by atoms with E-state index < -0.39 is 0 Å². The summed E-state index contributed by atoms with van der Waals surface area (Å²) in [6, 6.07) is 0. The van der Waals surface area contributed by atoms with E-state index in [4.69, 9.17) is 0 Å². The monoisotopic (exact) mass is 332 g/mol. The van der Waals surface area contributed by atoms with Gasteiger partial charge in [0.15, 0.2) is 0 Å². The van der Waals surface area contributed by atoms with Crippen LogP contribution < -0.4 is 0 Å². The number of unbranched alkanes of at least 4 members (excludes halogenated alkanes) is 6. The van der Waals surface area contributed by atoms with E-state index in [0.717, 1.165) is 11.9 Å². The molecular weight excluding hydrogens is 308 g/mol. The summed E-state index contributed by atoms with van der Waals surface area (Å²) in [6.07, 6.45) is 9.61. The SMILES string of the molecule is CN(CCCCCCCCCBr)Cc1cscn1. The molecule has 104 valence electrons. The minimum Gasteiger partial charge on any atom is -0.301 e. The summed E-state index contributed by atoms with van der Waals surface area (Å²) in [4.78, 5) is 6.69. The molecule has 0 saturated carbocycles. The molecule has 4 heteroatoms. The van der Waals surface area contributed by atoms with Crippen molar-refractivity contribution in [2.24, 2.45) is 0 Å². The Balaban J connectivity index is 1.88. The average Bonchev–Trinajstić information content (AvgIpc) is 2.85. The van der Waals surface area contributed by atoms with Gasteiger partial charge in [-0.3, -0.25) is 0 Å². The van der Waals surface area contributed by atoms with Crippen LogP contribution in [-0.4, -0.2) is 28.8 Å². The lowest BCUT2D eigenvalue weighted by molar-refractivity contribution is 0.313. The van der Waals surface area contributed by atoms with Gasteiger partial charge in [0.2, 0.25) is 0 Å². The van der Waals surface area contributed by atoms with Crippen molar-refractivity contribution < 1.29 is 0 Å². The van der Waals surface area contributed by atoms with Gasteiger partial charge in [0.25, 0.3) is 0 Å². The van der Waals surface area contributed by atoms with Gasteiger partial charge in [-0.05, 0) is 26.4 Å². The number of rotatable bonds is 11. The molecule has 0 saturated heterocycles. The third-order valence-electron chi connectivity index (χ3n) is 3.09. The smallest absolute Gasteiger partial charge is 0.0795 e. The molecule has 0 fully saturated rings. The van der Waals surface area contributed by atoms with Crippen LogP contribution in [-0.2, 0) is 6.54 Å². The molecule has 0 amide bonds. The molecular formula is C14H25BrN2S. The topological polar surface area (TPSA) is 16.1 Å². The Labute approximate surface area is 124 Å². The zero-order valence-electron chi connectivity index (χ0n) is 11.4. The lowest BCUT2D eigenvalue weighted by Gasteiger charge is -2.14. The summed E-state index contributed by atoms with van der Waals surface area (Å²) in [5.41, 5.74) is 3.12. The normalized spacial score (nSPS) is 11.3. The van der Waals surface area contributed by atoms with Crippen molar-refractivity contribution in [2.75, 3.05) is 18.9 Å². The summed E-state index contributed by atoms with van der Waals surface area (Å²) in [7, 11) is 2.19.